The minimum absolute atomic E-state index is 0.125. The lowest BCUT2D eigenvalue weighted by molar-refractivity contribution is -0.137. The number of amides is 1. The molecule has 4 nitrogen and oxygen atoms in total. The molecule has 1 aromatic heterocycles. The zero-order valence-electron chi connectivity index (χ0n) is 17.5. The predicted molar refractivity (Wildman–Crippen MR) is 124 cm³/mol. The number of carbonyl (C=O) groups excluding carboxylic acids is 1. The highest BCUT2D eigenvalue weighted by Crippen LogP contribution is 2.30. The van der Waals surface area contributed by atoms with E-state index in [4.69, 9.17) is 11.6 Å². The maximum absolute atomic E-state index is 12.9. The number of benzene rings is 3. The molecule has 0 radical (unpaired) electrons. The molecule has 0 saturated carbocycles. The van der Waals surface area contributed by atoms with Gasteiger partial charge >= 0.3 is 6.18 Å². The number of alkyl halides is 3. The molecule has 0 spiro atoms. The normalized spacial score (nSPS) is 11.9. The van der Waals surface area contributed by atoms with Crippen LogP contribution in [-0.2, 0) is 12.7 Å². The van der Waals surface area contributed by atoms with Gasteiger partial charge in [-0.3, -0.25) is 4.79 Å². The quantitative estimate of drug-likeness (QED) is 0.265. The van der Waals surface area contributed by atoms with Crippen LogP contribution in [0, 0.1) is 6.92 Å². The Morgan fingerprint density at radius 2 is 1.79 bits per heavy atom. The summed E-state index contributed by atoms with van der Waals surface area (Å²) in [6.45, 7) is 2.49. The highest BCUT2D eigenvalue weighted by molar-refractivity contribution is 6.31. The molecule has 0 unspecified atom stereocenters. The number of aromatic nitrogens is 1. The molecule has 0 aliphatic heterocycles. The van der Waals surface area contributed by atoms with Gasteiger partial charge in [-0.25, -0.2) is 5.43 Å². The number of rotatable bonds is 5. The second-order valence-corrected chi connectivity index (χ2v) is 7.88. The first kappa shape index (κ1) is 22.6. The summed E-state index contributed by atoms with van der Waals surface area (Å²) in [7, 11) is 0. The van der Waals surface area contributed by atoms with Crippen LogP contribution in [0.15, 0.2) is 77.9 Å². The van der Waals surface area contributed by atoms with Crippen molar-refractivity contribution >= 4 is 34.6 Å². The van der Waals surface area contributed by atoms with Gasteiger partial charge in [0, 0.05) is 39.3 Å². The summed E-state index contributed by atoms with van der Waals surface area (Å²) >= 11 is 6.34. The predicted octanol–water partition coefficient (Wildman–Crippen LogP) is 6.43. The molecule has 1 N–H and O–H groups in total. The van der Waals surface area contributed by atoms with Crippen molar-refractivity contribution in [2.75, 3.05) is 0 Å². The highest BCUT2D eigenvalue weighted by Gasteiger charge is 2.30. The van der Waals surface area contributed by atoms with Crippen molar-refractivity contribution in [1.29, 1.82) is 0 Å². The summed E-state index contributed by atoms with van der Waals surface area (Å²) in [5, 5.41) is 5.61. The fourth-order valence-electron chi connectivity index (χ4n) is 3.68. The first-order valence-corrected chi connectivity index (χ1v) is 10.5. The largest absolute Gasteiger partial charge is 0.416 e. The van der Waals surface area contributed by atoms with Crippen LogP contribution >= 0.6 is 11.6 Å². The van der Waals surface area contributed by atoms with Gasteiger partial charge in [0.2, 0.25) is 0 Å². The summed E-state index contributed by atoms with van der Waals surface area (Å²) < 4.78 is 40.8. The third-order valence-electron chi connectivity index (χ3n) is 5.38. The van der Waals surface area contributed by atoms with Crippen molar-refractivity contribution in [1.82, 2.24) is 9.99 Å². The Hall–Kier alpha value is -3.58. The molecule has 33 heavy (non-hydrogen) atoms. The van der Waals surface area contributed by atoms with Crippen molar-refractivity contribution in [3.63, 3.8) is 0 Å². The molecule has 0 aliphatic carbocycles. The van der Waals surface area contributed by atoms with Gasteiger partial charge in [0.05, 0.1) is 11.8 Å². The fraction of sp³-hybridized carbons (Fsp3) is 0.120. The van der Waals surface area contributed by atoms with Crippen molar-refractivity contribution in [2.24, 2.45) is 5.10 Å². The molecule has 1 heterocycles. The number of hydrazone groups is 1. The molecule has 4 rings (SSSR count). The second-order valence-electron chi connectivity index (χ2n) is 7.47. The lowest BCUT2D eigenvalue weighted by Gasteiger charge is -2.10. The number of carbonyl (C=O) groups is 1. The molecule has 1 amide bonds. The molecule has 168 valence electrons. The Morgan fingerprint density at radius 1 is 1.06 bits per heavy atom. The van der Waals surface area contributed by atoms with E-state index >= 15 is 0 Å². The topological polar surface area (TPSA) is 46.4 Å². The van der Waals surface area contributed by atoms with Crippen LogP contribution in [0.2, 0.25) is 5.02 Å². The number of hydrogen-bond donors (Lipinski definition) is 1. The first-order chi connectivity index (χ1) is 15.8. The summed E-state index contributed by atoms with van der Waals surface area (Å²) in [5.74, 6) is -0.727. The van der Waals surface area contributed by atoms with Gasteiger partial charge in [0.15, 0.2) is 0 Å². The Bertz CT molecular complexity index is 1360. The van der Waals surface area contributed by atoms with Gasteiger partial charge in [0.25, 0.3) is 5.91 Å². The maximum atomic E-state index is 12.9. The molecule has 0 fully saturated rings. The Kier molecular flexibility index (Phi) is 6.24. The minimum atomic E-state index is -4.53. The SMILES string of the molecule is Cc1c(/C=N\NC(=O)c2cccc(C(F)(F)F)c2)c2ccccc2n1Cc1ccccc1Cl. The van der Waals surface area contributed by atoms with Crippen molar-refractivity contribution in [3.05, 3.63) is 106 Å². The zero-order valence-corrected chi connectivity index (χ0v) is 18.3. The number of halogens is 4. The van der Waals surface area contributed by atoms with Crippen molar-refractivity contribution < 1.29 is 18.0 Å². The number of hydrogen-bond acceptors (Lipinski definition) is 2. The van der Waals surface area contributed by atoms with E-state index in [0.29, 0.717) is 11.6 Å². The second kappa shape index (κ2) is 9.11. The Morgan fingerprint density at radius 3 is 2.55 bits per heavy atom. The van der Waals surface area contributed by atoms with Gasteiger partial charge in [-0.1, -0.05) is 54.1 Å². The molecule has 3 aromatic carbocycles. The van der Waals surface area contributed by atoms with Gasteiger partial charge in [-0.15, -0.1) is 0 Å². The number of nitrogens with one attached hydrogen (secondary N) is 1. The van der Waals surface area contributed by atoms with E-state index in [1.54, 1.807) is 0 Å². The van der Waals surface area contributed by atoms with E-state index in [9.17, 15) is 18.0 Å². The molecule has 0 aliphatic rings. The molecule has 4 aromatic rings. The monoisotopic (exact) mass is 469 g/mol. The number of fused-ring (bicyclic) bond motifs is 1. The van der Waals surface area contributed by atoms with Gasteiger partial charge in [0.1, 0.15) is 0 Å². The van der Waals surface area contributed by atoms with E-state index in [0.717, 1.165) is 39.9 Å². The standard InChI is InChI=1S/C25H19ClF3N3O/c1-16-21(14-30-31-24(33)17-8-6-9-19(13-17)25(27,28)29)20-10-3-5-12-23(20)32(16)15-18-7-2-4-11-22(18)26/h2-14H,15H2,1H3,(H,31,33)/b30-14-. The van der Waals surface area contributed by atoms with Gasteiger partial charge in [-0.05, 0) is 42.8 Å². The van der Waals surface area contributed by atoms with Crippen LogP contribution in [0.1, 0.15) is 32.7 Å². The number of para-hydroxylation sites is 1. The average molecular weight is 470 g/mol. The minimum Gasteiger partial charge on any atom is -0.340 e. The van der Waals surface area contributed by atoms with E-state index in [-0.39, 0.29) is 5.56 Å². The van der Waals surface area contributed by atoms with E-state index in [1.165, 1.54) is 18.3 Å². The van der Waals surface area contributed by atoms with Gasteiger partial charge in [-0.2, -0.15) is 18.3 Å². The maximum Gasteiger partial charge on any atom is 0.416 e. The van der Waals surface area contributed by atoms with E-state index in [2.05, 4.69) is 15.1 Å². The fourth-order valence-corrected chi connectivity index (χ4v) is 3.87. The molecular weight excluding hydrogens is 451 g/mol. The smallest absolute Gasteiger partial charge is 0.340 e. The lowest BCUT2D eigenvalue weighted by atomic mass is 10.1. The third kappa shape index (κ3) is 4.78. The molecule has 0 bridgehead atoms. The van der Waals surface area contributed by atoms with E-state index < -0.39 is 17.6 Å². The lowest BCUT2D eigenvalue weighted by Crippen LogP contribution is -2.18. The van der Waals surface area contributed by atoms with Crippen LogP contribution in [0.5, 0.6) is 0 Å². The van der Waals surface area contributed by atoms with Crippen LogP contribution < -0.4 is 5.43 Å². The van der Waals surface area contributed by atoms with Crippen LogP contribution in [0.25, 0.3) is 10.9 Å². The highest BCUT2D eigenvalue weighted by atomic mass is 35.5. The summed E-state index contributed by atoms with van der Waals surface area (Å²) in [5.41, 5.74) is 4.94. The van der Waals surface area contributed by atoms with Crippen LogP contribution in [0.3, 0.4) is 0 Å². The Labute approximate surface area is 193 Å². The number of nitrogens with zero attached hydrogens (tertiary/aromatic N) is 2. The Balaban J connectivity index is 1.61. The van der Waals surface area contributed by atoms with Crippen LogP contribution in [0.4, 0.5) is 13.2 Å². The summed E-state index contributed by atoms with van der Waals surface area (Å²) in [4.78, 5) is 12.3. The zero-order chi connectivity index (χ0) is 23.6. The molecule has 0 saturated heterocycles. The first-order valence-electron chi connectivity index (χ1n) is 10.1. The third-order valence-corrected chi connectivity index (χ3v) is 5.75. The summed E-state index contributed by atoms with van der Waals surface area (Å²) in [6, 6.07) is 19.6. The van der Waals surface area contributed by atoms with Crippen molar-refractivity contribution in [2.45, 2.75) is 19.6 Å². The average Bonchev–Trinajstić information content (AvgIpc) is 3.06. The van der Waals surface area contributed by atoms with Crippen LogP contribution in [-0.4, -0.2) is 16.7 Å². The molecule has 8 heteroatoms. The summed E-state index contributed by atoms with van der Waals surface area (Å²) in [6.07, 6.45) is -3.02. The van der Waals surface area contributed by atoms with Crippen molar-refractivity contribution in [3.8, 4) is 0 Å². The van der Waals surface area contributed by atoms with Gasteiger partial charge < -0.3 is 4.57 Å². The molecular formula is C25H19ClF3N3O. The molecule has 0 atom stereocenters. The van der Waals surface area contributed by atoms with E-state index in [1.807, 2.05) is 55.5 Å².